The summed E-state index contributed by atoms with van der Waals surface area (Å²) in [5.74, 6) is -0.912. The standard InChI is InChI=1S/C18H21F4N5OS/c1-3-23-17(25-7-6-24-16(28)15-11(2)27-10-29-15)26-9-12-4-5-13(19)8-14(12)18(20,21)22/h4-5,8,10H,3,6-7,9H2,1-2H3,(H,24,28)(H2,23,25,26). The molecule has 0 saturated carbocycles. The molecule has 0 aliphatic heterocycles. The third-order valence-electron chi connectivity index (χ3n) is 3.78. The molecule has 3 N–H and O–H groups in total. The number of alkyl halides is 3. The van der Waals surface area contributed by atoms with Crippen LogP contribution in [0.2, 0.25) is 0 Å². The largest absolute Gasteiger partial charge is 0.416 e. The van der Waals surface area contributed by atoms with Crippen LogP contribution in [0.5, 0.6) is 0 Å². The van der Waals surface area contributed by atoms with Gasteiger partial charge < -0.3 is 16.0 Å². The summed E-state index contributed by atoms with van der Waals surface area (Å²) in [6, 6.07) is 2.50. The fourth-order valence-corrected chi connectivity index (χ4v) is 3.13. The van der Waals surface area contributed by atoms with Crippen LogP contribution in [0.4, 0.5) is 17.6 Å². The van der Waals surface area contributed by atoms with Crippen LogP contribution in [-0.2, 0) is 12.7 Å². The molecule has 0 aliphatic carbocycles. The lowest BCUT2D eigenvalue weighted by molar-refractivity contribution is -0.138. The minimum atomic E-state index is -4.67. The summed E-state index contributed by atoms with van der Waals surface area (Å²) < 4.78 is 52.4. The smallest absolute Gasteiger partial charge is 0.357 e. The van der Waals surface area contributed by atoms with Crippen molar-refractivity contribution in [3.8, 4) is 0 Å². The van der Waals surface area contributed by atoms with Crippen molar-refractivity contribution in [3.05, 3.63) is 51.2 Å². The monoisotopic (exact) mass is 431 g/mol. The highest BCUT2D eigenvalue weighted by Gasteiger charge is 2.33. The van der Waals surface area contributed by atoms with Crippen LogP contribution < -0.4 is 16.0 Å². The molecule has 2 rings (SSSR count). The Morgan fingerprint density at radius 1 is 1.21 bits per heavy atom. The second kappa shape index (κ2) is 10.2. The molecule has 158 valence electrons. The summed E-state index contributed by atoms with van der Waals surface area (Å²) >= 11 is 1.24. The zero-order valence-corrected chi connectivity index (χ0v) is 16.7. The summed E-state index contributed by atoms with van der Waals surface area (Å²) in [6.07, 6.45) is -4.67. The fraction of sp³-hybridized carbons (Fsp3) is 0.389. The van der Waals surface area contributed by atoms with E-state index in [2.05, 4.69) is 25.9 Å². The van der Waals surface area contributed by atoms with Crippen LogP contribution >= 0.6 is 11.3 Å². The highest BCUT2D eigenvalue weighted by Crippen LogP contribution is 2.32. The first kappa shape index (κ1) is 22.6. The van der Waals surface area contributed by atoms with Gasteiger partial charge in [-0.15, -0.1) is 11.3 Å². The van der Waals surface area contributed by atoms with Crippen LogP contribution in [0, 0.1) is 12.7 Å². The molecule has 0 unspecified atom stereocenters. The second-order valence-electron chi connectivity index (χ2n) is 5.94. The van der Waals surface area contributed by atoms with Gasteiger partial charge >= 0.3 is 6.18 Å². The lowest BCUT2D eigenvalue weighted by Gasteiger charge is -2.14. The van der Waals surface area contributed by atoms with Gasteiger partial charge in [0.25, 0.3) is 5.91 Å². The molecule has 0 fully saturated rings. The maximum Gasteiger partial charge on any atom is 0.416 e. The molecule has 11 heteroatoms. The topological polar surface area (TPSA) is 78.4 Å². The van der Waals surface area contributed by atoms with Crippen molar-refractivity contribution < 1.29 is 22.4 Å². The van der Waals surface area contributed by atoms with Crippen molar-refractivity contribution in [2.75, 3.05) is 19.6 Å². The van der Waals surface area contributed by atoms with Gasteiger partial charge in [0.2, 0.25) is 0 Å². The second-order valence-corrected chi connectivity index (χ2v) is 6.80. The minimum absolute atomic E-state index is 0.134. The number of aliphatic imine (C=N–C) groups is 1. The first-order valence-electron chi connectivity index (χ1n) is 8.78. The van der Waals surface area contributed by atoms with Gasteiger partial charge in [-0.2, -0.15) is 13.2 Å². The molecule has 1 aromatic carbocycles. The molecule has 6 nitrogen and oxygen atoms in total. The number of amides is 1. The van der Waals surface area contributed by atoms with Crippen LogP contribution in [0.15, 0.2) is 28.7 Å². The van der Waals surface area contributed by atoms with Gasteiger partial charge in [0.05, 0.1) is 23.3 Å². The van der Waals surface area contributed by atoms with Crippen molar-refractivity contribution in [1.82, 2.24) is 20.9 Å². The third-order valence-corrected chi connectivity index (χ3v) is 4.71. The SMILES string of the molecule is CCNC(=NCc1ccc(F)cc1C(F)(F)F)NCCNC(=O)c1scnc1C. The van der Waals surface area contributed by atoms with E-state index in [0.717, 1.165) is 12.1 Å². The number of hydrogen-bond donors (Lipinski definition) is 3. The van der Waals surface area contributed by atoms with E-state index in [4.69, 9.17) is 0 Å². The molecule has 1 heterocycles. The van der Waals surface area contributed by atoms with Crippen molar-refractivity contribution in [2.24, 2.45) is 4.99 Å². The number of rotatable bonds is 7. The number of aryl methyl sites for hydroxylation is 1. The van der Waals surface area contributed by atoms with Crippen LogP contribution in [-0.4, -0.2) is 36.5 Å². The number of halogens is 4. The summed E-state index contributed by atoms with van der Waals surface area (Å²) in [5.41, 5.74) is 1.05. The van der Waals surface area contributed by atoms with Gasteiger partial charge in [-0.25, -0.2) is 14.4 Å². The van der Waals surface area contributed by atoms with E-state index >= 15 is 0 Å². The Hall–Kier alpha value is -2.69. The molecule has 0 radical (unpaired) electrons. The Morgan fingerprint density at radius 3 is 2.55 bits per heavy atom. The normalized spacial score (nSPS) is 12.0. The van der Waals surface area contributed by atoms with E-state index in [9.17, 15) is 22.4 Å². The number of thiazole rings is 1. The molecule has 0 atom stereocenters. The average molecular weight is 431 g/mol. The van der Waals surface area contributed by atoms with E-state index in [1.54, 1.807) is 12.4 Å². The summed E-state index contributed by atoms with van der Waals surface area (Å²) in [5, 5.41) is 8.57. The Labute approximate surface area is 169 Å². The zero-order valence-electron chi connectivity index (χ0n) is 15.9. The van der Waals surface area contributed by atoms with Crippen LogP contribution in [0.3, 0.4) is 0 Å². The molecule has 2 aromatic rings. The first-order valence-corrected chi connectivity index (χ1v) is 9.66. The molecular formula is C18H21F4N5OS. The number of aromatic nitrogens is 1. The Kier molecular flexibility index (Phi) is 7.94. The first-order chi connectivity index (χ1) is 13.7. The maximum atomic E-state index is 13.2. The lowest BCUT2D eigenvalue weighted by atomic mass is 10.1. The molecule has 0 saturated heterocycles. The number of hydrogen-bond acceptors (Lipinski definition) is 4. The Bertz CT molecular complexity index is 866. The van der Waals surface area contributed by atoms with Gasteiger partial charge in [0.15, 0.2) is 5.96 Å². The molecule has 0 bridgehead atoms. The predicted octanol–water partition coefficient (Wildman–Crippen LogP) is 3.09. The van der Waals surface area contributed by atoms with E-state index in [-0.39, 0.29) is 30.5 Å². The molecule has 0 spiro atoms. The lowest BCUT2D eigenvalue weighted by Crippen LogP contribution is -2.41. The Morgan fingerprint density at radius 2 is 1.93 bits per heavy atom. The quantitative estimate of drug-likeness (QED) is 0.273. The predicted molar refractivity (Wildman–Crippen MR) is 103 cm³/mol. The fourth-order valence-electron chi connectivity index (χ4n) is 2.41. The van der Waals surface area contributed by atoms with E-state index < -0.39 is 17.6 Å². The van der Waals surface area contributed by atoms with Crippen LogP contribution in [0.25, 0.3) is 0 Å². The molecule has 1 amide bonds. The molecule has 29 heavy (non-hydrogen) atoms. The van der Waals surface area contributed by atoms with Gasteiger partial charge in [0, 0.05) is 19.6 Å². The molecule has 0 aliphatic rings. The number of nitrogens with zero attached hydrogens (tertiary/aromatic N) is 2. The van der Waals surface area contributed by atoms with Gasteiger partial charge in [-0.1, -0.05) is 6.07 Å². The number of carbonyl (C=O) groups excluding carboxylic acids is 1. The summed E-state index contributed by atoms with van der Waals surface area (Å²) in [6.45, 7) is 4.36. The average Bonchev–Trinajstić information content (AvgIpc) is 3.09. The van der Waals surface area contributed by atoms with Crippen LogP contribution in [0.1, 0.15) is 33.4 Å². The van der Waals surface area contributed by atoms with Gasteiger partial charge in [-0.05, 0) is 31.5 Å². The van der Waals surface area contributed by atoms with E-state index in [1.165, 1.54) is 11.3 Å². The van der Waals surface area contributed by atoms with Gasteiger partial charge in [-0.3, -0.25) is 4.79 Å². The zero-order chi connectivity index (χ0) is 21.4. The van der Waals surface area contributed by atoms with Crippen molar-refractivity contribution in [3.63, 3.8) is 0 Å². The third kappa shape index (κ3) is 6.70. The highest BCUT2D eigenvalue weighted by molar-refractivity contribution is 7.11. The minimum Gasteiger partial charge on any atom is -0.357 e. The van der Waals surface area contributed by atoms with Gasteiger partial charge in [0.1, 0.15) is 10.7 Å². The van der Waals surface area contributed by atoms with Crippen molar-refractivity contribution >= 4 is 23.2 Å². The summed E-state index contributed by atoms with van der Waals surface area (Å²) in [7, 11) is 0. The number of benzene rings is 1. The molecular weight excluding hydrogens is 410 g/mol. The maximum absolute atomic E-state index is 13.2. The van der Waals surface area contributed by atoms with Crippen molar-refractivity contribution in [2.45, 2.75) is 26.6 Å². The Balaban J connectivity index is 1.95. The number of nitrogens with one attached hydrogen (secondary N) is 3. The summed E-state index contributed by atoms with van der Waals surface area (Å²) in [4.78, 5) is 20.7. The number of carbonyl (C=O) groups is 1. The van der Waals surface area contributed by atoms with E-state index in [1.807, 2.05) is 6.92 Å². The van der Waals surface area contributed by atoms with Crippen molar-refractivity contribution in [1.29, 1.82) is 0 Å². The van der Waals surface area contributed by atoms with E-state index in [0.29, 0.717) is 29.7 Å². The number of guanidine groups is 1. The molecule has 1 aromatic heterocycles. The highest BCUT2D eigenvalue weighted by atomic mass is 32.1.